The molecule has 1 aromatic carbocycles. The molecule has 1 aliphatic heterocycles. The minimum Gasteiger partial charge on any atom is -0.382 e. The molecule has 1 nitrogen and oxygen atoms in total. The van der Waals surface area contributed by atoms with Crippen molar-refractivity contribution in [3.63, 3.8) is 0 Å². The van der Waals surface area contributed by atoms with Crippen molar-refractivity contribution in [1.82, 2.24) is 0 Å². The van der Waals surface area contributed by atoms with Gasteiger partial charge in [-0.05, 0) is 43.5 Å². The van der Waals surface area contributed by atoms with E-state index in [1.54, 1.807) is 13.0 Å². The molecule has 1 N–H and O–H groups in total. The quantitative estimate of drug-likeness (QED) is 0.674. The van der Waals surface area contributed by atoms with Crippen LogP contribution in [-0.2, 0) is 6.42 Å². The van der Waals surface area contributed by atoms with Crippen LogP contribution in [0.3, 0.4) is 0 Å². The van der Waals surface area contributed by atoms with E-state index < -0.39 is 5.67 Å². The fourth-order valence-electron chi connectivity index (χ4n) is 1.70. The first kappa shape index (κ1) is 9.44. The number of hydrogen-bond donors (Lipinski definition) is 1. The number of nitrogens with one attached hydrogen (secondary N) is 1. The summed E-state index contributed by atoms with van der Waals surface area (Å²) in [6.45, 7) is 1.87. The molecular formula is C11H13F2N. The van der Waals surface area contributed by atoms with Crippen LogP contribution in [0.1, 0.15) is 18.9 Å². The van der Waals surface area contributed by atoms with Crippen molar-refractivity contribution in [2.75, 3.05) is 11.9 Å². The minimum absolute atomic E-state index is 0.256. The molecule has 0 amide bonds. The van der Waals surface area contributed by atoms with Gasteiger partial charge in [-0.15, -0.1) is 0 Å². The highest BCUT2D eigenvalue weighted by Gasteiger charge is 2.26. The Hall–Kier alpha value is -1.12. The van der Waals surface area contributed by atoms with Crippen LogP contribution >= 0.6 is 0 Å². The largest absolute Gasteiger partial charge is 0.382 e. The number of fused-ring (bicyclic) bond motifs is 1. The van der Waals surface area contributed by atoms with Gasteiger partial charge in [0.15, 0.2) is 0 Å². The maximum atomic E-state index is 13.6. The highest BCUT2D eigenvalue weighted by atomic mass is 19.1. The second-order valence-corrected chi connectivity index (χ2v) is 4.07. The van der Waals surface area contributed by atoms with Crippen LogP contribution in [0.15, 0.2) is 18.2 Å². The molecule has 14 heavy (non-hydrogen) atoms. The van der Waals surface area contributed by atoms with Crippen LogP contribution in [-0.4, -0.2) is 12.2 Å². The number of rotatable bonds is 0. The van der Waals surface area contributed by atoms with Crippen molar-refractivity contribution >= 4 is 5.69 Å². The first-order chi connectivity index (χ1) is 6.57. The average Bonchev–Trinajstić information content (AvgIpc) is 2.26. The number of hydrogen-bond acceptors (Lipinski definition) is 1. The molecule has 0 saturated carbocycles. The molecule has 0 fully saturated rings. The minimum atomic E-state index is -1.20. The van der Waals surface area contributed by atoms with E-state index in [0.717, 1.165) is 11.3 Å². The molecule has 2 rings (SSSR count). The van der Waals surface area contributed by atoms with Crippen molar-refractivity contribution in [3.8, 4) is 0 Å². The second kappa shape index (κ2) is 3.23. The molecule has 0 saturated heterocycles. The SMILES string of the molecule is CC1(F)CCc2cc(F)ccc2NC1. The summed E-state index contributed by atoms with van der Waals surface area (Å²) in [5.41, 5.74) is 0.523. The van der Waals surface area contributed by atoms with E-state index in [2.05, 4.69) is 5.32 Å². The maximum Gasteiger partial charge on any atom is 0.125 e. The zero-order valence-corrected chi connectivity index (χ0v) is 8.11. The van der Waals surface area contributed by atoms with E-state index in [-0.39, 0.29) is 5.82 Å². The molecule has 76 valence electrons. The first-order valence-corrected chi connectivity index (χ1v) is 4.78. The van der Waals surface area contributed by atoms with E-state index in [4.69, 9.17) is 0 Å². The third kappa shape index (κ3) is 1.86. The number of anilines is 1. The van der Waals surface area contributed by atoms with Crippen LogP contribution < -0.4 is 5.32 Å². The van der Waals surface area contributed by atoms with Gasteiger partial charge in [0, 0.05) is 12.2 Å². The zero-order chi connectivity index (χ0) is 10.2. The Morgan fingerprint density at radius 3 is 3.00 bits per heavy atom. The maximum absolute atomic E-state index is 13.6. The second-order valence-electron chi connectivity index (χ2n) is 4.07. The summed E-state index contributed by atoms with van der Waals surface area (Å²) in [5, 5.41) is 3.00. The van der Waals surface area contributed by atoms with Gasteiger partial charge in [0.05, 0.1) is 0 Å². The van der Waals surface area contributed by atoms with Crippen LogP contribution in [0.4, 0.5) is 14.5 Å². The zero-order valence-electron chi connectivity index (χ0n) is 8.11. The van der Waals surface area contributed by atoms with Gasteiger partial charge in [0.1, 0.15) is 11.5 Å². The van der Waals surface area contributed by atoms with Crippen molar-refractivity contribution in [2.45, 2.75) is 25.4 Å². The van der Waals surface area contributed by atoms with Crippen molar-refractivity contribution in [3.05, 3.63) is 29.6 Å². The van der Waals surface area contributed by atoms with Crippen LogP contribution in [0, 0.1) is 5.82 Å². The smallest absolute Gasteiger partial charge is 0.125 e. The number of aryl methyl sites for hydroxylation is 1. The van der Waals surface area contributed by atoms with E-state index in [1.165, 1.54) is 12.1 Å². The van der Waals surface area contributed by atoms with E-state index >= 15 is 0 Å². The highest BCUT2D eigenvalue weighted by Crippen LogP contribution is 2.28. The Morgan fingerprint density at radius 1 is 1.43 bits per heavy atom. The predicted molar refractivity (Wildman–Crippen MR) is 52.7 cm³/mol. The third-order valence-corrected chi connectivity index (χ3v) is 2.63. The summed E-state index contributed by atoms with van der Waals surface area (Å²) in [6, 6.07) is 4.54. The standard InChI is InChI=1S/C11H13F2N/c1-11(13)5-4-8-6-9(12)2-3-10(8)14-7-11/h2-3,6,14H,4-5,7H2,1H3. The average molecular weight is 197 g/mol. The molecule has 1 unspecified atom stereocenters. The van der Waals surface area contributed by atoms with E-state index in [0.29, 0.717) is 19.4 Å². The molecule has 1 aliphatic rings. The third-order valence-electron chi connectivity index (χ3n) is 2.63. The Labute approximate surface area is 82.1 Å². The first-order valence-electron chi connectivity index (χ1n) is 4.78. The molecule has 0 aliphatic carbocycles. The lowest BCUT2D eigenvalue weighted by atomic mass is 10.0. The van der Waals surface area contributed by atoms with Gasteiger partial charge in [-0.3, -0.25) is 0 Å². The van der Waals surface area contributed by atoms with Crippen molar-refractivity contribution < 1.29 is 8.78 Å². The summed E-state index contributed by atoms with van der Waals surface area (Å²) in [4.78, 5) is 0. The topological polar surface area (TPSA) is 12.0 Å². The fourth-order valence-corrected chi connectivity index (χ4v) is 1.70. The predicted octanol–water partition coefficient (Wildman–Crippen LogP) is 2.91. The summed E-state index contributed by atoms with van der Waals surface area (Å²) in [7, 11) is 0. The molecule has 1 atom stereocenters. The highest BCUT2D eigenvalue weighted by molar-refractivity contribution is 5.52. The van der Waals surface area contributed by atoms with Crippen LogP contribution in [0.25, 0.3) is 0 Å². The molecule has 0 spiro atoms. The van der Waals surface area contributed by atoms with Crippen molar-refractivity contribution in [2.24, 2.45) is 0 Å². The fraction of sp³-hybridized carbons (Fsp3) is 0.455. The monoisotopic (exact) mass is 197 g/mol. The van der Waals surface area contributed by atoms with Crippen molar-refractivity contribution in [1.29, 1.82) is 0 Å². The molecule has 0 radical (unpaired) electrons. The van der Waals surface area contributed by atoms with Gasteiger partial charge in [0.25, 0.3) is 0 Å². The molecule has 3 heteroatoms. The van der Waals surface area contributed by atoms with Crippen LogP contribution in [0.5, 0.6) is 0 Å². The Balaban J connectivity index is 2.30. The number of halogens is 2. The molecule has 1 aromatic rings. The molecule has 1 heterocycles. The number of benzene rings is 1. The van der Waals surface area contributed by atoms with Gasteiger partial charge in [-0.1, -0.05) is 0 Å². The Bertz CT molecular complexity index is 347. The van der Waals surface area contributed by atoms with Gasteiger partial charge >= 0.3 is 0 Å². The van der Waals surface area contributed by atoms with Gasteiger partial charge in [-0.2, -0.15) is 0 Å². The summed E-state index contributed by atoms with van der Waals surface area (Å²) < 4.78 is 26.5. The molecule has 0 aromatic heterocycles. The lowest BCUT2D eigenvalue weighted by molar-refractivity contribution is 0.195. The van der Waals surface area contributed by atoms with E-state index in [9.17, 15) is 8.78 Å². The molecular weight excluding hydrogens is 184 g/mol. The van der Waals surface area contributed by atoms with Gasteiger partial charge in [0.2, 0.25) is 0 Å². The normalized spacial score (nSPS) is 26.2. The Morgan fingerprint density at radius 2 is 2.21 bits per heavy atom. The summed E-state index contributed by atoms with van der Waals surface area (Å²) in [6.07, 6.45) is 1.03. The van der Waals surface area contributed by atoms with Gasteiger partial charge in [-0.25, -0.2) is 8.78 Å². The number of alkyl halides is 1. The van der Waals surface area contributed by atoms with Gasteiger partial charge < -0.3 is 5.32 Å². The van der Waals surface area contributed by atoms with E-state index in [1.807, 2.05) is 0 Å². The Kier molecular flexibility index (Phi) is 2.17. The summed E-state index contributed by atoms with van der Waals surface area (Å²) >= 11 is 0. The summed E-state index contributed by atoms with van der Waals surface area (Å²) in [5.74, 6) is -0.256. The molecule has 0 bridgehead atoms. The lowest BCUT2D eigenvalue weighted by Gasteiger charge is -2.17. The van der Waals surface area contributed by atoms with Crippen LogP contribution in [0.2, 0.25) is 0 Å². The lowest BCUT2D eigenvalue weighted by Crippen LogP contribution is -2.26.